The molecular weight excluding hydrogens is 378 g/mol. The lowest BCUT2D eigenvalue weighted by Gasteiger charge is -2.20. The van der Waals surface area contributed by atoms with E-state index in [9.17, 15) is 4.79 Å². The van der Waals surface area contributed by atoms with Crippen molar-refractivity contribution in [1.29, 1.82) is 0 Å². The highest BCUT2D eigenvalue weighted by Gasteiger charge is 2.13. The molecule has 0 radical (unpaired) electrons. The van der Waals surface area contributed by atoms with Crippen molar-refractivity contribution in [3.8, 4) is 5.75 Å². The summed E-state index contributed by atoms with van der Waals surface area (Å²) in [4.78, 5) is 13.4. The van der Waals surface area contributed by atoms with Crippen LogP contribution in [0.3, 0.4) is 0 Å². The van der Waals surface area contributed by atoms with Crippen molar-refractivity contribution in [2.24, 2.45) is 0 Å². The average molecular weight is 393 g/mol. The normalized spacial score (nSPS) is 10.1. The molecule has 6 heteroatoms. The number of aliphatic hydroxyl groups is 1. The van der Waals surface area contributed by atoms with Gasteiger partial charge in [0.15, 0.2) is 6.61 Å². The SMILES string of the molecule is C=CCN(CCO)C(=O)COc1ccc(Br)cc1Br. The van der Waals surface area contributed by atoms with Gasteiger partial charge in [0, 0.05) is 17.6 Å². The predicted molar refractivity (Wildman–Crippen MR) is 81.2 cm³/mol. The monoisotopic (exact) mass is 391 g/mol. The van der Waals surface area contributed by atoms with Gasteiger partial charge in [0.2, 0.25) is 0 Å². The number of carbonyl (C=O) groups excluding carboxylic acids is 1. The van der Waals surface area contributed by atoms with Crippen LogP contribution < -0.4 is 4.74 Å². The molecule has 1 rings (SSSR count). The van der Waals surface area contributed by atoms with Crippen molar-refractivity contribution in [2.45, 2.75) is 0 Å². The zero-order valence-corrected chi connectivity index (χ0v) is 13.5. The number of aliphatic hydroxyl groups excluding tert-OH is 1. The first kappa shape index (κ1) is 16.2. The summed E-state index contributed by atoms with van der Waals surface area (Å²) in [7, 11) is 0. The smallest absolute Gasteiger partial charge is 0.260 e. The third-order valence-corrected chi connectivity index (χ3v) is 3.43. The summed E-state index contributed by atoms with van der Waals surface area (Å²) in [5, 5.41) is 8.89. The number of halogens is 2. The number of carbonyl (C=O) groups is 1. The molecule has 0 atom stereocenters. The summed E-state index contributed by atoms with van der Waals surface area (Å²) < 4.78 is 7.15. The maximum atomic E-state index is 11.9. The van der Waals surface area contributed by atoms with Crippen LogP contribution >= 0.6 is 31.9 Å². The highest BCUT2D eigenvalue weighted by Crippen LogP contribution is 2.28. The second-order valence-corrected chi connectivity index (χ2v) is 5.49. The Morgan fingerprint density at radius 1 is 1.47 bits per heavy atom. The van der Waals surface area contributed by atoms with Crippen molar-refractivity contribution in [3.05, 3.63) is 39.8 Å². The number of rotatable bonds is 7. The Morgan fingerprint density at radius 3 is 2.79 bits per heavy atom. The molecule has 1 aromatic carbocycles. The van der Waals surface area contributed by atoms with Crippen LogP contribution in [0.5, 0.6) is 5.75 Å². The second kappa shape index (κ2) is 8.35. The minimum Gasteiger partial charge on any atom is -0.483 e. The van der Waals surface area contributed by atoms with Crippen LogP contribution in [0.2, 0.25) is 0 Å². The minimum absolute atomic E-state index is 0.0753. The number of hydrogen-bond acceptors (Lipinski definition) is 3. The van der Waals surface area contributed by atoms with Gasteiger partial charge >= 0.3 is 0 Å². The van der Waals surface area contributed by atoms with Crippen molar-refractivity contribution >= 4 is 37.8 Å². The molecular formula is C13H15Br2NO3. The molecule has 104 valence electrons. The van der Waals surface area contributed by atoms with E-state index in [4.69, 9.17) is 9.84 Å². The maximum Gasteiger partial charge on any atom is 0.260 e. The van der Waals surface area contributed by atoms with E-state index in [2.05, 4.69) is 38.4 Å². The highest BCUT2D eigenvalue weighted by molar-refractivity contribution is 9.11. The Bertz CT molecular complexity index is 452. The van der Waals surface area contributed by atoms with Crippen LogP contribution in [0.4, 0.5) is 0 Å². The first-order chi connectivity index (χ1) is 9.08. The van der Waals surface area contributed by atoms with Gasteiger partial charge in [-0.25, -0.2) is 0 Å². The molecule has 4 nitrogen and oxygen atoms in total. The average Bonchev–Trinajstić information content (AvgIpc) is 2.37. The van der Waals surface area contributed by atoms with E-state index in [0.717, 1.165) is 8.95 Å². The fraction of sp³-hybridized carbons (Fsp3) is 0.308. The van der Waals surface area contributed by atoms with Gasteiger partial charge in [-0.2, -0.15) is 0 Å². The standard InChI is InChI=1S/C13H15Br2NO3/c1-2-5-16(6-7-17)13(18)9-19-12-4-3-10(14)8-11(12)15/h2-4,8,17H,1,5-7,9H2. The van der Waals surface area contributed by atoms with E-state index in [0.29, 0.717) is 12.3 Å². The quantitative estimate of drug-likeness (QED) is 0.725. The Hall–Kier alpha value is -0.850. The summed E-state index contributed by atoms with van der Waals surface area (Å²) >= 11 is 6.70. The zero-order chi connectivity index (χ0) is 14.3. The van der Waals surface area contributed by atoms with E-state index in [1.165, 1.54) is 4.90 Å². The first-order valence-corrected chi connectivity index (χ1v) is 7.24. The summed E-state index contributed by atoms with van der Waals surface area (Å²) in [5.74, 6) is 0.405. The van der Waals surface area contributed by atoms with Gasteiger partial charge in [0.1, 0.15) is 5.75 Å². The molecule has 0 fully saturated rings. The molecule has 0 spiro atoms. The van der Waals surface area contributed by atoms with E-state index >= 15 is 0 Å². The summed E-state index contributed by atoms with van der Waals surface area (Å²) in [6.45, 7) is 4.09. The topological polar surface area (TPSA) is 49.8 Å². The van der Waals surface area contributed by atoms with E-state index in [-0.39, 0.29) is 25.7 Å². The highest BCUT2D eigenvalue weighted by atomic mass is 79.9. The van der Waals surface area contributed by atoms with Crippen molar-refractivity contribution in [1.82, 2.24) is 4.90 Å². The number of hydrogen-bond donors (Lipinski definition) is 1. The lowest BCUT2D eigenvalue weighted by Crippen LogP contribution is -2.37. The molecule has 1 aromatic rings. The molecule has 0 aliphatic rings. The summed E-state index contributed by atoms with van der Waals surface area (Å²) in [6.07, 6.45) is 1.61. The molecule has 0 saturated heterocycles. The molecule has 0 bridgehead atoms. The van der Waals surface area contributed by atoms with Gasteiger partial charge in [-0.05, 0) is 34.1 Å². The molecule has 19 heavy (non-hydrogen) atoms. The Balaban J connectivity index is 2.59. The van der Waals surface area contributed by atoms with Crippen LogP contribution in [0, 0.1) is 0 Å². The van der Waals surface area contributed by atoms with Crippen molar-refractivity contribution < 1.29 is 14.6 Å². The van der Waals surface area contributed by atoms with E-state index in [1.807, 2.05) is 12.1 Å². The van der Waals surface area contributed by atoms with E-state index in [1.54, 1.807) is 12.1 Å². The molecule has 0 unspecified atom stereocenters. The van der Waals surface area contributed by atoms with Crippen LogP contribution in [-0.4, -0.2) is 42.2 Å². The van der Waals surface area contributed by atoms with Crippen molar-refractivity contribution in [3.63, 3.8) is 0 Å². The third kappa shape index (κ3) is 5.34. The second-order valence-electron chi connectivity index (χ2n) is 3.72. The molecule has 0 aliphatic carbocycles. The van der Waals surface area contributed by atoms with Gasteiger partial charge in [0.05, 0.1) is 11.1 Å². The number of amides is 1. The molecule has 1 N–H and O–H groups in total. The van der Waals surface area contributed by atoms with Crippen LogP contribution in [0.1, 0.15) is 0 Å². The Kier molecular flexibility index (Phi) is 7.12. The molecule has 0 aromatic heterocycles. The molecule has 0 aliphatic heterocycles. The lowest BCUT2D eigenvalue weighted by atomic mass is 10.3. The lowest BCUT2D eigenvalue weighted by molar-refractivity contribution is -0.133. The third-order valence-electron chi connectivity index (χ3n) is 2.32. The Labute approximate surface area is 129 Å². The summed E-state index contributed by atoms with van der Waals surface area (Å²) in [5.41, 5.74) is 0. The minimum atomic E-state index is -0.191. The number of benzene rings is 1. The van der Waals surface area contributed by atoms with Gasteiger partial charge in [-0.1, -0.05) is 22.0 Å². The number of nitrogens with zero attached hydrogens (tertiary/aromatic N) is 1. The molecule has 0 heterocycles. The zero-order valence-electron chi connectivity index (χ0n) is 10.3. The summed E-state index contributed by atoms with van der Waals surface area (Å²) in [6, 6.07) is 5.44. The maximum absolute atomic E-state index is 11.9. The van der Waals surface area contributed by atoms with Crippen molar-refractivity contribution in [2.75, 3.05) is 26.3 Å². The van der Waals surface area contributed by atoms with Gasteiger partial charge in [-0.15, -0.1) is 6.58 Å². The predicted octanol–water partition coefficient (Wildman–Crippen LogP) is 2.60. The van der Waals surface area contributed by atoms with Gasteiger partial charge in [-0.3, -0.25) is 4.79 Å². The fourth-order valence-electron chi connectivity index (χ4n) is 1.42. The molecule has 1 amide bonds. The Morgan fingerprint density at radius 2 is 2.21 bits per heavy atom. The van der Waals surface area contributed by atoms with Crippen LogP contribution in [0.15, 0.2) is 39.8 Å². The molecule has 0 saturated carbocycles. The van der Waals surface area contributed by atoms with Gasteiger partial charge < -0.3 is 14.7 Å². The van der Waals surface area contributed by atoms with Crippen LogP contribution in [-0.2, 0) is 4.79 Å². The first-order valence-electron chi connectivity index (χ1n) is 5.66. The largest absolute Gasteiger partial charge is 0.483 e. The van der Waals surface area contributed by atoms with Gasteiger partial charge in [0.25, 0.3) is 5.91 Å². The fourth-order valence-corrected chi connectivity index (χ4v) is 2.58. The van der Waals surface area contributed by atoms with E-state index < -0.39 is 0 Å². The number of ether oxygens (including phenoxy) is 1. The van der Waals surface area contributed by atoms with Crippen LogP contribution in [0.25, 0.3) is 0 Å².